The van der Waals surface area contributed by atoms with Crippen molar-refractivity contribution < 1.29 is 4.79 Å². The van der Waals surface area contributed by atoms with Crippen LogP contribution in [0.3, 0.4) is 0 Å². The van der Waals surface area contributed by atoms with E-state index in [9.17, 15) is 4.79 Å². The van der Waals surface area contributed by atoms with Crippen molar-refractivity contribution in [3.63, 3.8) is 0 Å². The summed E-state index contributed by atoms with van der Waals surface area (Å²) >= 11 is 7.03. The fourth-order valence-corrected chi connectivity index (χ4v) is 3.35. The Bertz CT molecular complexity index is 257. The average Bonchev–Trinajstić information content (AvgIpc) is 2.37. The van der Waals surface area contributed by atoms with Gasteiger partial charge in [-0.2, -0.15) is 0 Å². The third-order valence-corrected chi connectivity index (χ3v) is 5.30. The minimum Gasteiger partial charge on any atom is -0.354 e. The molecule has 0 radical (unpaired) electrons. The zero-order chi connectivity index (χ0) is 14.0. The lowest BCUT2D eigenvalue weighted by molar-refractivity contribution is -0.121. The maximum atomic E-state index is 12.0. The summed E-state index contributed by atoms with van der Waals surface area (Å²) in [7, 11) is 0. The predicted molar refractivity (Wildman–Crippen MR) is 89.0 cm³/mol. The highest BCUT2D eigenvalue weighted by Crippen LogP contribution is 2.32. The smallest absolute Gasteiger partial charge is 0.247 e. The predicted octanol–water partition coefficient (Wildman–Crippen LogP) is 5.28. The van der Waals surface area contributed by atoms with E-state index in [2.05, 4.69) is 37.2 Å². The Morgan fingerprint density at radius 3 is 1.68 bits per heavy atom. The monoisotopic (exact) mass is 395 g/mol. The Morgan fingerprint density at radius 2 is 1.16 bits per heavy atom. The first-order valence-electron chi connectivity index (χ1n) is 7.79. The van der Waals surface area contributed by atoms with Crippen LogP contribution in [-0.2, 0) is 4.79 Å². The first kappa shape index (κ1) is 17.5. The number of carbonyl (C=O) groups is 1. The van der Waals surface area contributed by atoms with Crippen LogP contribution in [0.5, 0.6) is 0 Å². The molecule has 1 saturated heterocycles. The van der Waals surface area contributed by atoms with Crippen molar-refractivity contribution in [1.82, 2.24) is 5.32 Å². The molecule has 1 aliphatic heterocycles. The van der Waals surface area contributed by atoms with E-state index < -0.39 is 3.23 Å². The van der Waals surface area contributed by atoms with Crippen LogP contribution in [-0.4, -0.2) is 15.7 Å². The maximum absolute atomic E-state index is 12.0. The number of hydrogen-bond acceptors (Lipinski definition) is 1. The van der Waals surface area contributed by atoms with Crippen LogP contribution >= 0.6 is 31.9 Å². The van der Waals surface area contributed by atoms with Gasteiger partial charge in [-0.3, -0.25) is 4.79 Å². The molecule has 112 valence electrons. The number of nitrogens with one attached hydrogen (secondary N) is 1. The van der Waals surface area contributed by atoms with Gasteiger partial charge in [0.05, 0.1) is 0 Å². The number of halogens is 2. The van der Waals surface area contributed by atoms with Crippen molar-refractivity contribution in [3.8, 4) is 0 Å². The molecule has 4 heteroatoms. The molecule has 1 heterocycles. The number of alkyl halides is 2. The summed E-state index contributed by atoms with van der Waals surface area (Å²) in [5, 5.41) is 3.02. The van der Waals surface area contributed by atoms with Gasteiger partial charge in [-0.15, -0.1) is 0 Å². The summed E-state index contributed by atoms with van der Waals surface area (Å²) < 4.78 is -0.558. The zero-order valence-corrected chi connectivity index (χ0v) is 15.0. The zero-order valence-electron chi connectivity index (χ0n) is 11.9. The lowest BCUT2D eigenvalue weighted by atomic mass is 10.0. The molecular formula is C15H27Br2NO. The molecule has 0 aliphatic carbocycles. The van der Waals surface area contributed by atoms with E-state index in [-0.39, 0.29) is 5.91 Å². The Balaban J connectivity index is 2.33. The lowest BCUT2D eigenvalue weighted by Crippen LogP contribution is -2.38. The van der Waals surface area contributed by atoms with E-state index in [0.717, 1.165) is 25.8 Å². The first-order valence-corrected chi connectivity index (χ1v) is 9.38. The highest BCUT2D eigenvalue weighted by atomic mass is 79.9. The maximum Gasteiger partial charge on any atom is 0.247 e. The molecule has 1 N–H and O–H groups in total. The van der Waals surface area contributed by atoms with Crippen LogP contribution in [0.15, 0.2) is 0 Å². The third-order valence-electron chi connectivity index (χ3n) is 3.79. The standard InChI is InChI=1S/C15H27Br2NO/c16-15(17)12-10-8-6-4-2-1-3-5-7-9-11-13-18-14(15)19/h1-13H2,(H,18,19). The van der Waals surface area contributed by atoms with Crippen LogP contribution in [0, 0.1) is 0 Å². The Morgan fingerprint density at radius 1 is 0.737 bits per heavy atom. The van der Waals surface area contributed by atoms with Crippen LogP contribution < -0.4 is 5.32 Å². The van der Waals surface area contributed by atoms with Crippen molar-refractivity contribution in [2.75, 3.05) is 6.54 Å². The van der Waals surface area contributed by atoms with Gasteiger partial charge in [0.1, 0.15) is 0 Å². The first-order chi connectivity index (χ1) is 9.13. The average molecular weight is 397 g/mol. The molecule has 0 saturated carbocycles. The molecule has 0 bridgehead atoms. The summed E-state index contributed by atoms with van der Waals surface area (Å²) in [6, 6.07) is 0. The number of rotatable bonds is 0. The number of amides is 1. The minimum absolute atomic E-state index is 0.0830. The Hall–Kier alpha value is 0.430. The van der Waals surface area contributed by atoms with Crippen molar-refractivity contribution >= 4 is 37.8 Å². The second-order valence-corrected chi connectivity index (χ2v) is 9.37. The van der Waals surface area contributed by atoms with E-state index in [0.29, 0.717) is 0 Å². The van der Waals surface area contributed by atoms with Gasteiger partial charge in [-0.05, 0) is 12.8 Å². The normalized spacial score (nSPS) is 24.6. The van der Waals surface area contributed by atoms with E-state index in [4.69, 9.17) is 0 Å². The van der Waals surface area contributed by atoms with Crippen LogP contribution in [0.2, 0.25) is 0 Å². The summed E-state index contributed by atoms with van der Waals surface area (Å²) in [5.74, 6) is 0.0830. The van der Waals surface area contributed by atoms with E-state index in [1.165, 1.54) is 57.8 Å². The second-order valence-electron chi connectivity index (χ2n) is 5.60. The molecule has 0 aromatic carbocycles. The van der Waals surface area contributed by atoms with Crippen molar-refractivity contribution in [1.29, 1.82) is 0 Å². The van der Waals surface area contributed by atoms with E-state index >= 15 is 0 Å². The summed E-state index contributed by atoms with van der Waals surface area (Å²) in [6.45, 7) is 0.803. The molecule has 1 amide bonds. The molecule has 1 aliphatic rings. The van der Waals surface area contributed by atoms with Crippen molar-refractivity contribution in [2.24, 2.45) is 0 Å². The summed E-state index contributed by atoms with van der Waals surface area (Å²) in [5.41, 5.74) is 0. The molecule has 1 rings (SSSR count). The largest absolute Gasteiger partial charge is 0.354 e. The molecule has 0 atom stereocenters. The van der Waals surface area contributed by atoms with Gasteiger partial charge in [0.25, 0.3) is 0 Å². The fraction of sp³-hybridized carbons (Fsp3) is 0.933. The van der Waals surface area contributed by atoms with Gasteiger partial charge in [0, 0.05) is 6.54 Å². The summed E-state index contributed by atoms with van der Waals surface area (Å²) in [4.78, 5) is 12.0. The highest BCUT2D eigenvalue weighted by molar-refractivity contribution is 9.25. The molecule has 1 fully saturated rings. The third kappa shape index (κ3) is 8.34. The van der Waals surface area contributed by atoms with Crippen LogP contribution in [0.25, 0.3) is 0 Å². The molecule has 2 nitrogen and oxygen atoms in total. The topological polar surface area (TPSA) is 29.1 Å². The van der Waals surface area contributed by atoms with E-state index in [1.54, 1.807) is 0 Å². The molecule has 0 unspecified atom stereocenters. The molecular weight excluding hydrogens is 370 g/mol. The Labute approximate surface area is 134 Å². The van der Waals surface area contributed by atoms with Gasteiger partial charge in [-0.1, -0.05) is 96.1 Å². The quantitative estimate of drug-likeness (QED) is 0.554. The minimum atomic E-state index is -0.558. The second kappa shape index (κ2) is 10.2. The van der Waals surface area contributed by atoms with Gasteiger partial charge in [0.2, 0.25) is 5.91 Å². The lowest BCUT2D eigenvalue weighted by Gasteiger charge is -2.20. The highest BCUT2D eigenvalue weighted by Gasteiger charge is 2.31. The molecule has 0 aromatic rings. The van der Waals surface area contributed by atoms with Crippen LogP contribution in [0.1, 0.15) is 77.0 Å². The molecule has 0 spiro atoms. The van der Waals surface area contributed by atoms with Gasteiger partial charge < -0.3 is 5.32 Å². The number of hydrogen-bond donors (Lipinski definition) is 1. The SMILES string of the molecule is O=C1NCCCCCCCCCCCCCC1(Br)Br. The molecule has 0 aromatic heterocycles. The Kier molecular flexibility index (Phi) is 9.38. The van der Waals surface area contributed by atoms with Crippen molar-refractivity contribution in [2.45, 2.75) is 80.3 Å². The van der Waals surface area contributed by atoms with Gasteiger partial charge in [-0.25, -0.2) is 0 Å². The number of carbonyl (C=O) groups excluding carboxylic acids is 1. The van der Waals surface area contributed by atoms with Crippen molar-refractivity contribution in [3.05, 3.63) is 0 Å². The van der Waals surface area contributed by atoms with Gasteiger partial charge in [0.15, 0.2) is 3.23 Å². The summed E-state index contributed by atoms with van der Waals surface area (Å²) in [6.07, 6.45) is 15.0. The fourth-order valence-electron chi connectivity index (χ4n) is 2.51. The van der Waals surface area contributed by atoms with E-state index in [1.807, 2.05) is 0 Å². The van der Waals surface area contributed by atoms with Crippen LogP contribution in [0.4, 0.5) is 0 Å². The molecule has 19 heavy (non-hydrogen) atoms. The van der Waals surface area contributed by atoms with Gasteiger partial charge >= 0.3 is 0 Å².